The van der Waals surface area contributed by atoms with Gasteiger partial charge in [0.1, 0.15) is 5.69 Å². The fourth-order valence-electron chi connectivity index (χ4n) is 4.14. The highest BCUT2D eigenvalue weighted by molar-refractivity contribution is 5.83. The van der Waals surface area contributed by atoms with Crippen molar-refractivity contribution < 1.29 is 33.6 Å². The molecule has 0 heterocycles. The third-order valence-corrected chi connectivity index (χ3v) is 6.25. The number of rotatable bonds is 21. The zero-order valence-electron chi connectivity index (χ0n) is 22.9. The van der Waals surface area contributed by atoms with Gasteiger partial charge in [-0.1, -0.05) is 19.3 Å². The van der Waals surface area contributed by atoms with E-state index in [2.05, 4.69) is 16.0 Å². The van der Waals surface area contributed by atoms with Crippen molar-refractivity contribution in [2.75, 3.05) is 58.0 Å². The predicted octanol–water partition coefficient (Wildman–Crippen LogP) is 3.09. The Morgan fingerprint density at radius 1 is 0.800 bits per heavy atom. The van der Waals surface area contributed by atoms with Crippen LogP contribution in [0.15, 0.2) is 18.2 Å². The van der Waals surface area contributed by atoms with Crippen LogP contribution >= 0.6 is 0 Å². The molecule has 1 fully saturated rings. The topological polar surface area (TPSA) is 184 Å². The van der Waals surface area contributed by atoms with E-state index in [1.807, 2.05) is 0 Å². The Kier molecular flexibility index (Phi) is 16.1. The minimum absolute atomic E-state index is 0.0548. The zero-order valence-corrected chi connectivity index (χ0v) is 22.9. The number of non-ortho nitro benzene ring substituents is 1. The summed E-state index contributed by atoms with van der Waals surface area (Å²) >= 11 is 0. The highest BCUT2D eigenvalue weighted by Gasteiger charge is 2.19. The van der Waals surface area contributed by atoms with E-state index in [1.165, 1.54) is 18.6 Å². The summed E-state index contributed by atoms with van der Waals surface area (Å²) in [5, 5.41) is 30.6. The smallest absolute Gasteiger partial charge is 0.299 e. The Balaban J connectivity index is 1.35. The van der Waals surface area contributed by atoms with Gasteiger partial charge in [-0.3, -0.25) is 29.8 Å². The summed E-state index contributed by atoms with van der Waals surface area (Å²) in [6.45, 7) is 3.43. The Morgan fingerprint density at radius 2 is 1.40 bits per heavy atom. The summed E-state index contributed by atoms with van der Waals surface area (Å²) < 4.78 is 16.4. The first-order valence-electron chi connectivity index (χ1n) is 13.8. The van der Waals surface area contributed by atoms with Gasteiger partial charge in [0.05, 0.1) is 42.3 Å². The van der Waals surface area contributed by atoms with Gasteiger partial charge in [-0.2, -0.15) is 0 Å². The lowest BCUT2D eigenvalue weighted by Crippen LogP contribution is -2.36. The van der Waals surface area contributed by atoms with Crippen LogP contribution in [0.5, 0.6) is 0 Å². The SMILES string of the molecule is O=C(CCC(=O)NC1CCCCC1)NCCCOCCOCCOCCCNc1ccc([N+](=O)[O-])cc1[N+](=O)[O-]. The lowest BCUT2D eigenvalue weighted by molar-refractivity contribution is -0.393. The van der Waals surface area contributed by atoms with Crippen LogP contribution in [0.3, 0.4) is 0 Å². The quantitative estimate of drug-likeness (QED) is 0.113. The number of hydrogen-bond donors (Lipinski definition) is 3. The summed E-state index contributed by atoms with van der Waals surface area (Å²) in [5.74, 6) is -0.189. The maximum absolute atomic E-state index is 12.0. The van der Waals surface area contributed by atoms with E-state index in [-0.39, 0.29) is 47.8 Å². The molecule has 2 rings (SSSR count). The summed E-state index contributed by atoms with van der Waals surface area (Å²) in [6.07, 6.45) is 7.25. The van der Waals surface area contributed by atoms with E-state index in [0.29, 0.717) is 65.6 Å². The van der Waals surface area contributed by atoms with Crippen LogP contribution in [-0.4, -0.2) is 80.4 Å². The maximum Gasteiger partial charge on any atom is 0.299 e. The molecule has 1 aromatic rings. The first-order valence-corrected chi connectivity index (χ1v) is 13.8. The molecule has 14 nitrogen and oxygen atoms in total. The van der Waals surface area contributed by atoms with Gasteiger partial charge in [0.25, 0.3) is 11.4 Å². The first kappa shape index (κ1) is 32.8. The molecule has 0 saturated heterocycles. The number of hydrogen-bond acceptors (Lipinski definition) is 10. The minimum Gasteiger partial charge on any atom is -0.379 e. The average Bonchev–Trinajstić information content (AvgIpc) is 2.94. The van der Waals surface area contributed by atoms with Crippen molar-refractivity contribution in [2.24, 2.45) is 0 Å². The molecule has 0 unspecified atom stereocenters. The number of nitrogens with one attached hydrogen (secondary N) is 3. The van der Waals surface area contributed by atoms with E-state index in [0.717, 1.165) is 31.7 Å². The van der Waals surface area contributed by atoms with Crippen LogP contribution in [0.1, 0.15) is 57.8 Å². The van der Waals surface area contributed by atoms with Gasteiger partial charge in [0, 0.05) is 51.3 Å². The largest absolute Gasteiger partial charge is 0.379 e. The van der Waals surface area contributed by atoms with Crippen LogP contribution in [-0.2, 0) is 23.8 Å². The lowest BCUT2D eigenvalue weighted by atomic mass is 9.95. The number of nitro benzene ring substituents is 2. The number of amides is 2. The molecule has 40 heavy (non-hydrogen) atoms. The molecule has 0 aromatic heterocycles. The molecule has 3 N–H and O–H groups in total. The van der Waals surface area contributed by atoms with Crippen molar-refractivity contribution in [2.45, 2.75) is 63.8 Å². The van der Waals surface area contributed by atoms with E-state index in [4.69, 9.17) is 14.2 Å². The second kappa shape index (κ2) is 19.7. The predicted molar refractivity (Wildman–Crippen MR) is 147 cm³/mol. The molecule has 0 spiro atoms. The highest BCUT2D eigenvalue weighted by atomic mass is 16.6. The van der Waals surface area contributed by atoms with E-state index < -0.39 is 9.85 Å². The van der Waals surface area contributed by atoms with Gasteiger partial charge in [-0.15, -0.1) is 0 Å². The van der Waals surface area contributed by atoms with Crippen LogP contribution in [0.2, 0.25) is 0 Å². The second-order valence-corrected chi connectivity index (χ2v) is 9.44. The van der Waals surface area contributed by atoms with Gasteiger partial charge >= 0.3 is 0 Å². The summed E-state index contributed by atoms with van der Waals surface area (Å²) in [7, 11) is 0. The van der Waals surface area contributed by atoms with Crippen LogP contribution in [0.4, 0.5) is 17.1 Å². The zero-order chi connectivity index (χ0) is 29.0. The van der Waals surface area contributed by atoms with E-state index in [1.54, 1.807) is 0 Å². The standard InChI is InChI=1S/C26H41N5O9/c32-25(10-11-26(33)29-21-6-2-1-3-7-21)28-13-5-15-39-17-19-40-18-16-38-14-4-12-27-23-9-8-22(30(34)35)20-24(23)31(36)37/h8-9,20-21,27H,1-7,10-19H2,(H,28,32)(H,29,33). The average molecular weight is 568 g/mol. The molecular formula is C26H41N5O9. The first-order chi connectivity index (χ1) is 19.4. The van der Waals surface area contributed by atoms with Crippen LogP contribution in [0, 0.1) is 20.2 Å². The van der Waals surface area contributed by atoms with Gasteiger partial charge < -0.3 is 30.2 Å². The fraction of sp³-hybridized carbons (Fsp3) is 0.692. The van der Waals surface area contributed by atoms with Crippen LogP contribution < -0.4 is 16.0 Å². The number of carbonyl (C=O) groups is 2. The molecule has 0 radical (unpaired) electrons. The molecule has 224 valence electrons. The van der Waals surface area contributed by atoms with Gasteiger partial charge in [-0.05, 0) is 31.7 Å². The van der Waals surface area contributed by atoms with Gasteiger partial charge in [-0.25, -0.2) is 0 Å². The van der Waals surface area contributed by atoms with Gasteiger partial charge in [0.2, 0.25) is 11.8 Å². The normalized spacial score (nSPS) is 13.5. The molecule has 1 saturated carbocycles. The maximum atomic E-state index is 12.0. The van der Waals surface area contributed by atoms with Crippen LogP contribution in [0.25, 0.3) is 0 Å². The van der Waals surface area contributed by atoms with Gasteiger partial charge in [0.15, 0.2) is 0 Å². The lowest BCUT2D eigenvalue weighted by Gasteiger charge is -2.22. The molecule has 0 bridgehead atoms. The number of benzene rings is 1. The second-order valence-electron chi connectivity index (χ2n) is 9.44. The molecule has 0 atom stereocenters. The number of nitro groups is 2. The summed E-state index contributed by atoms with van der Waals surface area (Å²) in [6, 6.07) is 3.73. The monoisotopic (exact) mass is 567 g/mol. The van der Waals surface area contributed by atoms with Crippen molar-refractivity contribution in [1.82, 2.24) is 10.6 Å². The Hall–Kier alpha value is -3.36. The third kappa shape index (κ3) is 14.1. The Labute approximate surface area is 233 Å². The molecule has 1 aliphatic rings. The van der Waals surface area contributed by atoms with E-state index >= 15 is 0 Å². The Bertz CT molecular complexity index is 941. The number of anilines is 1. The highest BCUT2D eigenvalue weighted by Crippen LogP contribution is 2.28. The molecule has 1 aliphatic carbocycles. The van der Waals surface area contributed by atoms with Crippen molar-refractivity contribution in [3.05, 3.63) is 38.4 Å². The minimum atomic E-state index is -0.676. The van der Waals surface area contributed by atoms with Crippen molar-refractivity contribution in [3.8, 4) is 0 Å². The summed E-state index contributed by atoms with van der Waals surface area (Å²) in [5.41, 5.74) is -0.463. The van der Waals surface area contributed by atoms with Crippen molar-refractivity contribution in [1.29, 1.82) is 0 Å². The van der Waals surface area contributed by atoms with E-state index in [9.17, 15) is 29.8 Å². The molecule has 14 heteroatoms. The molecule has 2 amide bonds. The Morgan fingerprint density at radius 3 is 2.02 bits per heavy atom. The van der Waals surface area contributed by atoms with Crippen molar-refractivity contribution in [3.63, 3.8) is 0 Å². The number of nitrogens with zero attached hydrogens (tertiary/aromatic N) is 2. The van der Waals surface area contributed by atoms with Crippen molar-refractivity contribution >= 4 is 28.9 Å². The molecular weight excluding hydrogens is 526 g/mol. The number of carbonyl (C=O) groups excluding carboxylic acids is 2. The molecule has 1 aromatic carbocycles. The number of ether oxygens (including phenoxy) is 3. The molecule has 0 aliphatic heterocycles. The summed E-state index contributed by atoms with van der Waals surface area (Å²) in [4.78, 5) is 44.4. The third-order valence-electron chi connectivity index (χ3n) is 6.25. The fourth-order valence-corrected chi connectivity index (χ4v) is 4.14.